The van der Waals surface area contributed by atoms with Crippen molar-refractivity contribution in [1.82, 2.24) is 0 Å². The van der Waals surface area contributed by atoms with Crippen LogP contribution in [0.3, 0.4) is 0 Å². The molecule has 61 heavy (non-hydrogen) atoms. The molecule has 12 rings (SSSR count). The maximum absolute atomic E-state index is 6.74. The zero-order valence-corrected chi connectivity index (χ0v) is 33.9. The van der Waals surface area contributed by atoms with Gasteiger partial charge in [-0.05, 0) is 117 Å². The Balaban J connectivity index is 1.03. The Morgan fingerprint density at radius 1 is 0.344 bits per heavy atom. The van der Waals surface area contributed by atoms with E-state index in [9.17, 15) is 0 Å². The highest BCUT2D eigenvalue weighted by atomic mass is 32.1. The number of nitrogens with zero attached hydrogens (tertiary/aromatic N) is 1. The summed E-state index contributed by atoms with van der Waals surface area (Å²) in [5.74, 6) is 0. The van der Waals surface area contributed by atoms with Crippen molar-refractivity contribution in [3.05, 3.63) is 224 Å². The molecule has 0 saturated carbocycles. The van der Waals surface area contributed by atoms with E-state index in [-0.39, 0.29) is 0 Å². The minimum Gasteiger partial charge on any atom is -0.455 e. The van der Waals surface area contributed by atoms with Crippen molar-refractivity contribution >= 4 is 81.3 Å². The first-order valence-corrected chi connectivity index (χ1v) is 21.6. The van der Waals surface area contributed by atoms with Crippen molar-refractivity contribution in [3.8, 4) is 44.5 Å². The molecule has 2 nitrogen and oxygen atoms in total. The van der Waals surface area contributed by atoms with Gasteiger partial charge >= 0.3 is 0 Å². The molecule has 0 atom stereocenters. The predicted molar refractivity (Wildman–Crippen MR) is 261 cm³/mol. The van der Waals surface area contributed by atoms with E-state index >= 15 is 0 Å². The van der Waals surface area contributed by atoms with E-state index < -0.39 is 0 Å². The Labute approximate surface area is 357 Å². The third-order valence-corrected chi connectivity index (χ3v) is 13.2. The molecular formula is C58H37NOS. The number of fused-ring (bicyclic) bond motifs is 8. The molecule has 0 aliphatic heterocycles. The van der Waals surface area contributed by atoms with Crippen LogP contribution in [0.4, 0.5) is 17.1 Å². The fourth-order valence-electron chi connectivity index (χ4n) is 9.13. The van der Waals surface area contributed by atoms with Crippen LogP contribution in [-0.2, 0) is 0 Å². The summed E-state index contributed by atoms with van der Waals surface area (Å²) in [5.41, 5.74) is 14.5. The first kappa shape index (κ1) is 35.2. The highest BCUT2D eigenvalue weighted by molar-refractivity contribution is 7.25. The van der Waals surface area contributed by atoms with E-state index in [1.807, 2.05) is 11.3 Å². The maximum Gasteiger partial charge on any atom is 0.143 e. The Morgan fingerprint density at radius 2 is 0.984 bits per heavy atom. The molecule has 3 heteroatoms. The summed E-state index contributed by atoms with van der Waals surface area (Å²) in [6.07, 6.45) is 0. The van der Waals surface area contributed by atoms with Gasteiger partial charge < -0.3 is 9.32 Å². The SMILES string of the molecule is c1ccc(-c2ccc(-c3ccc(N(c4cccc(-c5ccc6sc7ccccc7c6c5)c4)c4cccc5oc6c7ccccc7ccc6c45)cc3)c(-c3ccccc3)c2)cc1. The van der Waals surface area contributed by atoms with Crippen LogP contribution in [0.1, 0.15) is 0 Å². The Hall–Kier alpha value is -7.72. The van der Waals surface area contributed by atoms with Crippen LogP contribution in [0.15, 0.2) is 229 Å². The quantitative estimate of drug-likeness (QED) is 0.160. The molecule has 286 valence electrons. The van der Waals surface area contributed by atoms with Gasteiger partial charge in [0, 0.05) is 42.3 Å². The standard InChI is InChI=1S/C58H37NOS/c1-3-13-38(14-4-1)43-28-32-47(51(36-43)39-15-5-2-6-16-39)41-25-30-45(31-26-41)59(53-22-12-23-54-57(53)50-33-27-40-17-7-8-20-48(40)58(50)60-54)46-19-11-18-42(35-46)44-29-34-56-52(37-44)49-21-9-10-24-55(49)61-56/h1-37H. The first-order chi connectivity index (χ1) is 30.2. The van der Waals surface area contributed by atoms with Gasteiger partial charge in [-0.1, -0.05) is 158 Å². The van der Waals surface area contributed by atoms with Crippen molar-refractivity contribution in [2.45, 2.75) is 0 Å². The molecule has 0 saturated heterocycles. The van der Waals surface area contributed by atoms with Gasteiger partial charge in [-0.2, -0.15) is 0 Å². The molecule has 0 unspecified atom stereocenters. The van der Waals surface area contributed by atoms with E-state index in [0.29, 0.717) is 0 Å². The summed E-state index contributed by atoms with van der Waals surface area (Å²) in [6.45, 7) is 0. The van der Waals surface area contributed by atoms with Gasteiger partial charge in [0.1, 0.15) is 11.2 Å². The van der Waals surface area contributed by atoms with Gasteiger partial charge in [0.15, 0.2) is 0 Å². The van der Waals surface area contributed by atoms with Gasteiger partial charge in [-0.3, -0.25) is 0 Å². The molecule has 0 aliphatic rings. The monoisotopic (exact) mass is 795 g/mol. The molecule has 0 fully saturated rings. The van der Waals surface area contributed by atoms with Crippen molar-refractivity contribution in [2.24, 2.45) is 0 Å². The number of thiophene rings is 1. The molecule has 0 aliphatic carbocycles. The van der Waals surface area contributed by atoms with Gasteiger partial charge in [0.25, 0.3) is 0 Å². The van der Waals surface area contributed by atoms with Crippen molar-refractivity contribution < 1.29 is 4.42 Å². The number of hydrogen-bond donors (Lipinski definition) is 0. The number of furan rings is 1. The lowest BCUT2D eigenvalue weighted by Gasteiger charge is -2.27. The molecule has 2 aromatic heterocycles. The zero-order valence-electron chi connectivity index (χ0n) is 33.1. The fraction of sp³-hybridized carbons (Fsp3) is 0. The number of rotatable bonds is 7. The minimum atomic E-state index is 0.863. The average molecular weight is 796 g/mol. The largest absolute Gasteiger partial charge is 0.455 e. The smallest absolute Gasteiger partial charge is 0.143 e. The summed E-state index contributed by atoms with van der Waals surface area (Å²) in [4.78, 5) is 2.40. The minimum absolute atomic E-state index is 0.863. The average Bonchev–Trinajstić information content (AvgIpc) is 3.91. The van der Waals surface area contributed by atoms with Crippen molar-refractivity contribution in [1.29, 1.82) is 0 Å². The lowest BCUT2D eigenvalue weighted by Crippen LogP contribution is -2.10. The van der Waals surface area contributed by atoms with Crippen LogP contribution in [0.2, 0.25) is 0 Å². The molecule has 0 amide bonds. The molecule has 12 aromatic rings. The highest BCUT2D eigenvalue weighted by Gasteiger charge is 2.21. The molecule has 2 heterocycles. The number of anilines is 3. The molecule has 0 radical (unpaired) electrons. The number of hydrogen-bond acceptors (Lipinski definition) is 3. The zero-order chi connectivity index (χ0) is 40.3. The second-order valence-corrected chi connectivity index (χ2v) is 16.7. The normalized spacial score (nSPS) is 11.6. The summed E-state index contributed by atoms with van der Waals surface area (Å²) in [6, 6.07) is 81.2. The van der Waals surface area contributed by atoms with E-state index in [4.69, 9.17) is 4.42 Å². The van der Waals surface area contributed by atoms with E-state index in [2.05, 4.69) is 229 Å². The third-order valence-electron chi connectivity index (χ3n) is 12.1. The molecule has 0 bridgehead atoms. The fourth-order valence-corrected chi connectivity index (χ4v) is 10.2. The predicted octanol–water partition coefficient (Wildman–Crippen LogP) is 17.2. The van der Waals surface area contributed by atoms with Crippen LogP contribution in [0, 0.1) is 0 Å². The number of benzene rings is 10. The molecule has 10 aromatic carbocycles. The second-order valence-electron chi connectivity index (χ2n) is 15.6. The Morgan fingerprint density at radius 3 is 1.84 bits per heavy atom. The Bertz CT molecular complexity index is 3580. The van der Waals surface area contributed by atoms with Crippen molar-refractivity contribution in [2.75, 3.05) is 4.90 Å². The maximum atomic E-state index is 6.74. The van der Waals surface area contributed by atoms with Gasteiger partial charge in [-0.25, -0.2) is 0 Å². The summed E-state index contributed by atoms with van der Waals surface area (Å²) in [7, 11) is 0. The Kier molecular flexibility index (Phi) is 8.39. The third kappa shape index (κ3) is 6.09. The summed E-state index contributed by atoms with van der Waals surface area (Å²) >= 11 is 1.85. The molecule has 0 spiro atoms. The van der Waals surface area contributed by atoms with Gasteiger partial charge in [-0.15, -0.1) is 11.3 Å². The molecule has 0 N–H and O–H groups in total. The summed E-state index contributed by atoms with van der Waals surface area (Å²) in [5, 5.41) is 7.07. The first-order valence-electron chi connectivity index (χ1n) is 20.7. The van der Waals surface area contributed by atoms with Crippen LogP contribution in [0.25, 0.3) is 97.4 Å². The van der Waals surface area contributed by atoms with Crippen molar-refractivity contribution in [3.63, 3.8) is 0 Å². The van der Waals surface area contributed by atoms with Gasteiger partial charge in [0.05, 0.1) is 11.1 Å². The van der Waals surface area contributed by atoms with E-state index in [1.54, 1.807) is 0 Å². The van der Waals surface area contributed by atoms with Crippen LogP contribution >= 0.6 is 11.3 Å². The second kappa shape index (κ2) is 14.5. The highest BCUT2D eigenvalue weighted by Crippen LogP contribution is 2.46. The van der Waals surface area contributed by atoms with E-state index in [1.165, 1.54) is 53.6 Å². The molecular weight excluding hydrogens is 759 g/mol. The topological polar surface area (TPSA) is 16.4 Å². The van der Waals surface area contributed by atoms with Gasteiger partial charge in [0.2, 0.25) is 0 Å². The lowest BCUT2D eigenvalue weighted by molar-refractivity contribution is 0.672. The van der Waals surface area contributed by atoms with Crippen LogP contribution in [-0.4, -0.2) is 0 Å². The van der Waals surface area contributed by atoms with Crippen LogP contribution in [0.5, 0.6) is 0 Å². The lowest BCUT2D eigenvalue weighted by atomic mass is 9.91. The van der Waals surface area contributed by atoms with E-state index in [0.717, 1.165) is 60.9 Å². The summed E-state index contributed by atoms with van der Waals surface area (Å²) < 4.78 is 9.36. The van der Waals surface area contributed by atoms with Crippen LogP contribution < -0.4 is 4.90 Å².